The molecule has 19 heavy (non-hydrogen) atoms. The fourth-order valence-electron chi connectivity index (χ4n) is 1.38. The first-order chi connectivity index (χ1) is 8.65. The summed E-state index contributed by atoms with van der Waals surface area (Å²) in [7, 11) is 1.41. The van der Waals surface area contributed by atoms with Crippen LogP contribution in [0.3, 0.4) is 0 Å². The lowest BCUT2D eigenvalue weighted by Gasteiger charge is -2.19. The number of carbonyl (C=O) groups excluding carboxylic acids is 2. The molecule has 0 spiro atoms. The van der Waals surface area contributed by atoms with Crippen molar-refractivity contribution in [2.45, 2.75) is 26.4 Å². The van der Waals surface area contributed by atoms with E-state index in [4.69, 9.17) is 10.6 Å². The van der Waals surface area contributed by atoms with Gasteiger partial charge in [0.2, 0.25) is 0 Å². The van der Waals surface area contributed by atoms with Crippen molar-refractivity contribution in [3.8, 4) is 0 Å². The summed E-state index contributed by atoms with van der Waals surface area (Å²) in [5.41, 5.74) is 0.722. The summed E-state index contributed by atoms with van der Waals surface area (Å²) in [6.07, 6.45) is 0. The Hall–Kier alpha value is -2.15. The molecule has 0 aliphatic carbocycles. The van der Waals surface area contributed by atoms with Crippen molar-refractivity contribution in [2.75, 3.05) is 0 Å². The maximum Gasteiger partial charge on any atom is 0.338 e. The Morgan fingerprint density at radius 2 is 1.89 bits per heavy atom. The number of hydrogen-bond acceptors (Lipinski definition) is 5. The maximum absolute atomic E-state index is 11.9. The van der Waals surface area contributed by atoms with Gasteiger partial charge >= 0.3 is 5.97 Å². The number of nitrogen functional groups attached to an aromatic ring is 1. The third-order valence-electron chi connectivity index (χ3n) is 2.26. The minimum Gasteiger partial charge on any atom is -0.456 e. The Morgan fingerprint density at radius 3 is 2.37 bits per heavy atom. The third-order valence-corrected chi connectivity index (χ3v) is 2.26. The highest BCUT2D eigenvalue weighted by molar-refractivity contribution is 5.96. The molecule has 1 aromatic rings. The van der Waals surface area contributed by atoms with Crippen LogP contribution in [-0.2, 0) is 11.8 Å². The van der Waals surface area contributed by atoms with Crippen molar-refractivity contribution in [1.82, 2.24) is 9.99 Å². The van der Waals surface area contributed by atoms with E-state index in [0.29, 0.717) is 0 Å². The van der Waals surface area contributed by atoms with E-state index in [-0.39, 0.29) is 11.3 Å². The maximum atomic E-state index is 11.9. The number of rotatable bonds is 2. The van der Waals surface area contributed by atoms with Crippen LogP contribution in [0.2, 0.25) is 0 Å². The lowest BCUT2D eigenvalue weighted by molar-refractivity contribution is 0.00691. The molecule has 0 saturated heterocycles. The van der Waals surface area contributed by atoms with Crippen molar-refractivity contribution in [1.29, 1.82) is 0 Å². The molecular weight excluding hydrogens is 250 g/mol. The standard InChI is InChI=1S/C12H17N3O4/c1-12(2,3)19-11(18)7-5-8(10(17)14-13)15(4)9(16)6-7/h5-6H,13H2,1-4H3,(H,14,17). The molecule has 0 aliphatic rings. The summed E-state index contributed by atoms with van der Waals surface area (Å²) in [5, 5.41) is 0. The van der Waals surface area contributed by atoms with Crippen LogP contribution in [0.5, 0.6) is 0 Å². The lowest BCUT2D eigenvalue weighted by Crippen LogP contribution is -2.35. The topological polar surface area (TPSA) is 103 Å². The van der Waals surface area contributed by atoms with E-state index in [1.807, 2.05) is 5.43 Å². The van der Waals surface area contributed by atoms with E-state index in [1.165, 1.54) is 13.1 Å². The van der Waals surface area contributed by atoms with Crippen LogP contribution in [0, 0.1) is 0 Å². The van der Waals surface area contributed by atoms with Gasteiger partial charge < -0.3 is 9.30 Å². The second-order valence-electron chi connectivity index (χ2n) is 5.00. The fourth-order valence-corrected chi connectivity index (χ4v) is 1.38. The van der Waals surface area contributed by atoms with Gasteiger partial charge in [-0.25, -0.2) is 10.6 Å². The van der Waals surface area contributed by atoms with Gasteiger partial charge in [0.1, 0.15) is 11.3 Å². The highest BCUT2D eigenvalue weighted by atomic mass is 16.6. The second-order valence-corrected chi connectivity index (χ2v) is 5.00. The Balaban J connectivity index is 3.25. The van der Waals surface area contributed by atoms with E-state index < -0.39 is 23.0 Å². The molecule has 104 valence electrons. The van der Waals surface area contributed by atoms with Crippen molar-refractivity contribution < 1.29 is 14.3 Å². The first-order valence-corrected chi connectivity index (χ1v) is 5.61. The van der Waals surface area contributed by atoms with E-state index in [0.717, 1.165) is 10.6 Å². The largest absolute Gasteiger partial charge is 0.456 e. The zero-order chi connectivity index (χ0) is 14.8. The van der Waals surface area contributed by atoms with E-state index in [9.17, 15) is 14.4 Å². The van der Waals surface area contributed by atoms with Crippen LogP contribution in [0.25, 0.3) is 0 Å². The first-order valence-electron chi connectivity index (χ1n) is 5.61. The molecule has 7 nitrogen and oxygen atoms in total. The number of esters is 1. The Kier molecular flexibility index (Phi) is 4.10. The zero-order valence-corrected chi connectivity index (χ0v) is 11.3. The Morgan fingerprint density at radius 1 is 1.32 bits per heavy atom. The molecule has 0 aromatic carbocycles. The van der Waals surface area contributed by atoms with Crippen LogP contribution in [0.1, 0.15) is 41.6 Å². The number of hydrazine groups is 1. The number of pyridine rings is 1. The fraction of sp³-hybridized carbons (Fsp3) is 0.417. The van der Waals surface area contributed by atoms with Gasteiger partial charge in [-0.15, -0.1) is 0 Å². The van der Waals surface area contributed by atoms with Gasteiger partial charge in [-0.1, -0.05) is 0 Å². The molecule has 0 radical (unpaired) electrons. The van der Waals surface area contributed by atoms with Gasteiger partial charge in [-0.05, 0) is 26.8 Å². The molecule has 0 aliphatic heterocycles. The van der Waals surface area contributed by atoms with Gasteiger partial charge in [-0.3, -0.25) is 15.0 Å². The van der Waals surface area contributed by atoms with Crippen LogP contribution >= 0.6 is 0 Å². The van der Waals surface area contributed by atoms with Crippen molar-refractivity contribution >= 4 is 11.9 Å². The van der Waals surface area contributed by atoms with Gasteiger partial charge in [0.15, 0.2) is 0 Å². The molecule has 7 heteroatoms. The molecule has 0 saturated carbocycles. The van der Waals surface area contributed by atoms with Gasteiger partial charge in [0.25, 0.3) is 11.5 Å². The molecule has 1 heterocycles. The molecule has 0 bridgehead atoms. The number of aromatic nitrogens is 1. The zero-order valence-electron chi connectivity index (χ0n) is 11.3. The SMILES string of the molecule is Cn1c(C(=O)NN)cc(C(=O)OC(C)(C)C)cc1=O. The molecular formula is C12H17N3O4. The van der Waals surface area contributed by atoms with Crippen molar-refractivity contribution in [3.05, 3.63) is 33.7 Å². The van der Waals surface area contributed by atoms with Gasteiger partial charge in [0, 0.05) is 13.1 Å². The average molecular weight is 267 g/mol. The number of nitrogens with zero attached hydrogens (tertiary/aromatic N) is 1. The number of ether oxygens (including phenoxy) is 1. The normalized spacial score (nSPS) is 11.0. The van der Waals surface area contributed by atoms with Crippen molar-refractivity contribution in [2.24, 2.45) is 12.9 Å². The average Bonchev–Trinajstić information content (AvgIpc) is 2.29. The second kappa shape index (κ2) is 5.23. The number of amides is 1. The van der Waals surface area contributed by atoms with E-state index >= 15 is 0 Å². The molecule has 0 fully saturated rings. The number of nitrogens with two attached hydrogens (primary N) is 1. The van der Waals surface area contributed by atoms with Crippen LogP contribution in [-0.4, -0.2) is 22.0 Å². The Labute approximate surface area is 110 Å². The minimum atomic E-state index is -0.686. The summed E-state index contributed by atoms with van der Waals surface area (Å²) in [4.78, 5) is 35.0. The number of nitrogens with one attached hydrogen (secondary N) is 1. The summed E-state index contributed by atoms with van der Waals surface area (Å²) in [6.45, 7) is 5.12. The third kappa shape index (κ3) is 3.65. The summed E-state index contributed by atoms with van der Waals surface area (Å²) >= 11 is 0. The molecule has 1 amide bonds. The quantitative estimate of drug-likeness (QED) is 0.338. The minimum absolute atomic E-state index is 0.0108. The number of hydrogen-bond donors (Lipinski definition) is 2. The molecule has 1 rings (SSSR count). The van der Waals surface area contributed by atoms with E-state index in [2.05, 4.69) is 0 Å². The molecule has 1 aromatic heterocycles. The highest BCUT2D eigenvalue weighted by Crippen LogP contribution is 2.12. The molecule has 3 N–H and O–H groups in total. The molecule has 0 unspecified atom stereocenters. The van der Waals surface area contributed by atoms with Crippen molar-refractivity contribution in [3.63, 3.8) is 0 Å². The molecule has 0 atom stereocenters. The summed E-state index contributed by atoms with van der Waals surface area (Å²) in [5.74, 6) is 3.69. The van der Waals surface area contributed by atoms with E-state index in [1.54, 1.807) is 20.8 Å². The van der Waals surface area contributed by atoms with Crippen LogP contribution in [0.15, 0.2) is 16.9 Å². The predicted octanol–water partition coefficient (Wildman–Crippen LogP) is -0.0559. The summed E-state index contributed by atoms with van der Waals surface area (Å²) < 4.78 is 6.23. The van der Waals surface area contributed by atoms with Crippen LogP contribution in [0.4, 0.5) is 0 Å². The van der Waals surface area contributed by atoms with Gasteiger partial charge in [-0.2, -0.15) is 0 Å². The van der Waals surface area contributed by atoms with Gasteiger partial charge in [0.05, 0.1) is 5.56 Å². The predicted molar refractivity (Wildman–Crippen MR) is 68.5 cm³/mol. The first kappa shape index (κ1) is 14.9. The smallest absolute Gasteiger partial charge is 0.338 e. The lowest BCUT2D eigenvalue weighted by atomic mass is 10.1. The number of carbonyl (C=O) groups is 2. The monoisotopic (exact) mass is 267 g/mol. The Bertz CT molecular complexity index is 569. The summed E-state index contributed by atoms with van der Waals surface area (Å²) in [6, 6.07) is 2.37. The van der Waals surface area contributed by atoms with Crippen LogP contribution < -0.4 is 16.8 Å². The highest BCUT2D eigenvalue weighted by Gasteiger charge is 2.20.